The fourth-order valence-electron chi connectivity index (χ4n) is 2.58. The Hall–Kier alpha value is -2.29. The van der Waals surface area contributed by atoms with E-state index >= 15 is 0 Å². The highest BCUT2D eigenvalue weighted by atomic mass is 16.3. The van der Waals surface area contributed by atoms with Crippen LogP contribution in [0.3, 0.4) is 0 Å². The lowest BCUT2D eigenvalue weighted by atomic mass is 9.95. The summed E-state index contributed by atoms with van der Waals surface area (Å²) in [6, 6.07) is 11.2. The quantitative estimate of drug-likeness (QED) is 0.784. The summed E-state index contributed by atoms with van der Waals surface area (Å²) in [5.41, 5.74) is 4.73. The van der Waals surface area contributed by atoms with Crippen LogP contribution in [0.25, 0.3) is 11.1 Å². The molecule has 0 fully saturated rings. The first-order valence-corrected chi connectivity index (χ1v) is 6.24. The summed E-state index contributed by atoms with van der Waals surface area (Å²) in [5.74, 6) is 0.254. The Morgan fingerprint density at radius 3 is 2.58 bits per heavy atom. The van der Waals surface area contributed by atoms with Crippen LogP contribution in [0.15, 0.2) is 36.4 Å². The third kappa shape index (κ3) is 1.87. The molecule has 0 spiro atoms. The van der Waals surface area contributed by atoms with Gasteiger partial charge in [0.25, 0.3) is 5.91 Å². The van der Waals surface area contributed by atoms with E-state index in [4.69, 9.17) is 0 Å². The molecule has 1 heterocycles. The van der Waals surface area contributed by atoms with Crippen molar-refractivity contribution >= 4 is 5.91 Å². The number of fused-ring (bicyclic) bond motifs is 3. The monoisotopic (exact) mass is 253 g/mol. The van der Waals surface area contributed by atoms with Crippen LogP contribution in [0.4, 0.5) is 0 Å². The number of aryl methyl sites for hydroxylation is 1. The molecule has 0 aliphatic carbocycles. The molecule has 0 bridgehead atoms. The van der Waals surface area contributed by atoms with E-state index in [0.29, 0.717) is 6.54 Å². The van der Waals surface area contributed by atoms with Crippen LogP contribution in [0.1, 0.15) is 21.5 Å². The van der Waals surface area contributed by atoms with Gasteiger partial charge >= 0.3 is 0 Å². The third-order valence-corrected chi connectivity index (χ3v) is 3.54. The van der Waals surface area contributed by atoms with E-state index in [2.05, 4.69) is 0 Å². The lowest BCUT2D eigenvalue weighted by molar-refractivity contribution is 0.0788. The zero-order valence-corrected chi connectivity index (χ0v) is 11.0. The Balaban J connectivity index is 2.32. The maximum Gasteiger partial charge on any atom is 0.254 e. The van der Waals surface area contributed by atoms with E-state index in [9.17, 15) is 9.90 Å². The van der Waals surface area contributed by atoms with E-state index in [0.717, 1.165) is 27.8 Å². The van der Waals surface area contributed by atoms with Crippen LogP contribution in [-0.2, 0) is 6.54 Å². The van der Waals surface area contributed by atoms with Gasteiger partial charge < -0.3 is 10.0 Å². The summed E-state index contributed by atoms with van der Waals surface area (Å²) in [7, 11) is 1.79. The Bertz CT molecular complexity index is 676. The third-order valence-electron chi connectivity index (χ3n) is 3.54. The molecule has 0 radical (unpaired) electrons. The van der Waals surface area contributed by atoms with Gasteiger partial charge in [0, 0.05) is 19.2 Å². The summed E-state index contributed by atoms with van der Waals surface area (Å²) in [6.07, 6.45) is 0. The topological polar surface area (TPSA) is 40.5 Å². The fourth-order valence-corrected chi connectivity index (χ4v) is 2.58. The predicted octanol–water partition coefficient (Wildman–Crippen LogP) is 2.95. The molecule has 0 unspecified atom stereocenters. The molecule has 2 aromatic carbocycles. The number of carbonyl (C=O) groups excluding carboxylic acids is 1. The van der Waals surface area contributed by atoms with Crippen LogP contribution < -0.4 is 0 Å². The number of hydrogen-bond donors (Lipinski definition) is 1. The lowest BCUT2D eigenvalue weighted by Crippen LogP contribution is -2.24. The van der Waals surface area contributed by atoms with Crippen molar-refractivity contribution < 1.29 is 9.90 Å². The normalized spacial score (nSPS) is 13.8. The number of aromatic hydroxyl groups is 1. The van der Waals surface area contributed by atoms with Gasteiger partial charge in [0.2, 0.25) is 0 Å². The smallest absolute Gasteiger partial charge is 0.254 e. The molecule has 2 aromatic rings. The second-order valence-corrected chi connectivity index (χ2v) is 5.05. The van der Waals surface area contributed by atoms with Crippen molar-refractivity contribution in [3.63, 3.8) is 0 Å². The van der Waals surface area contributed by atoms with Gasteiger partial charge in [-0.15, -0.1) is 0 Å². The number of hydrogen-bond acceptors (Lipinski definition) is 2. The van der Waals surface area contributed by atoms with Crippen LogP contribution >= 0.6 is 0 Å². The van der Waals surface area contributed by atoms with E-state index in [1.807, 2.05) is 31.2 Å². The molecule has 3 nitrogen and oxygen atoms in total. The van der Waals surface area contributed by atoms with Gasteiger partial charge in [-0.1, -0.05) is 23.8 Å². The summed E-state index contributed by atoms with van der Waals surface area (Å²) >= 11 is 0. The maximum atomic E-state index is 12.4. The van der Waals surface area contributed by atoms with E-state index in [1.165, 1.54) is 0 Å². The second kappa shape index (κ2) is 4.12. The summed E-state index contributed by atoms with van der Waals surface area (Å²) in [4.78, 5) is 14.1. The highest BCUT2D eigenvalue weighted by molar-refractivity contribution is 6.02. The molecule has 19 heavy (non-hydrogen) atoms. The lowest BCUT2D eigenvalue weighted by Gasteiger charge is -2.15. The van der Waals surface area contributed by atoms with Gasteiger partial charge in [-0.2, -0.15) is 0 Å². The Labute approximate surface area is 112 Å². The molecule has 0 atom stereocenters. The van der Waals surface area contributed by atoms with Crippen molar-refractivity contribution in [1.29, 1.82) is 0 Å². The minimum Gasteiger partial charge on any atom is -0.508 e. The first-order valence-electron chi connectivity index (χ1n) is 6.24. The van der Waals surface area contributed by atoms with Gasteiger partial charge in [0.05, 0.1) is 0 Å². The van der Waals surface area contributed by atoms with Crippen molar-refractivity contribution in [2.45, 2.75) is 13.5 Å². The van der Waals surface area contributed by atoms with Crippen LogP contribution in [-0.4, -0.2) is 23.0 Å². The van der Waals surface area contributed by atoms with Gasteiger partial charge in [0.15, 0.2) is 0 Å². The van der Waals surface area contributed by atoms with E-state index in [1.54, 1.807) is 24.1 Å². The molecule has 3 rings (SSSR count). The van der Waals surface area contributed by atoms with Gasteiger partial charge in [-0.25, -0.2) is 0 Å². The molecule has 3 heteroatoms. The highest BCUT2D eigenvalue weighted by Gasteiger charge is 2.23. The highest BCUT2D eigenvalue weighted by Crippen LogP contribution is 2.34. The molecule has 0 aromatic heterocycles. The van der Waals surface area contributed by atoms with Gasteiger partial charge in [-0.05, 0) is 41.8 Å². The van der Waals surface area contributed by atoms with Crippen molar-refractivity contribution in [1.82, 2.24) is 4.90 Å². The van der Waals surface area contributed by atoms with Crippen LogP contribution in [0, 0.1) is 6.92 Å². The number of benzene rings is 2. The summed E-state index contributed by atoms with van der Waals surface area (Å²) in [6.45, 7) is 2.49. The average molecular weight is 253 g/mol. The number of nitrogens with zero attached hydrogens (tertiary/aromatic N) is 1. The molecule has 0 saturated heterocycles. The van der Waals surface area contributed by atoms with Crippen LogP contribution in [0.2, 0.25) is 0 Å². The zero-order valence-electron chi connectivity index (χ0n) is 11.0. The van der Waals surface area contributed by atoms with E-state index < -0.39 is 0 Å². The first-order chi connectivity index (χ1) is 9.06. The van der Waals surface area contributed by atoms with Crippen molar-refractivity contribution in [3.05, 3.63) is 53.1 Å². The van der Waals surface area contributed by atoms with E-state index in [-0.39, 0.29) is 11.7 Å². The molecule has 96 valence electrons. The van der Waals surface area contributed by atoms with Crippen molar-refractivity contribution in [3.8, 4) is 16.9 Å². The molecular formula is C16H15NO2. The van der Waals surface area contributed by atoms with Crippen LogP contribution in [0.5, 0.6) is 5.75 Å². The number of phenolic OH excluding ortho intramolecular Hbond substituents is 1. The fraction of sp³-hybridized carbons (Fsp3) is 0.188. The minimum atomic E-state index is 0.0226. The summed E-state index contributed by atoms with van der Waals surface area (Å²) < 4.78 is 0. The molecule has 0 saturated carbocycles. The minimum absolute atomic E-state index is 0.0226. The number of phenols is 1. The second-order valence-electron chi connectivity index (χ2n) is 5.05. The Morgan fingerprint density at radius 2 is 1.79 bits per heavy atom. The Kier molecular flexibility index (Phi) is 2.56. The number of rotatable bonds is 0. The molecule has 1 aliphatic heterocycles. The first kappa shape index (κ1) is 11.8. The average Bonchev–Trinajstić information content (AvgIpc) is 2.47. The Morgan fingerprint density at radius 1 is 1.05 bits per heavy atom. The van der Waals surface area contributed by atoms with Crippen molar-refractivity contribution in [2.24, 2.45) is 0 Å². The zero-order chi connectivity index (χ0) is 13.6. The maximum absolute atomic E-state index is 12.4. The van der Waals surface area contributed by atoms with Gasteiger partial charge in [0.1, 0.15) is 5.75 Å². The number of carbonyl (C=O) groups is 1. The predicted molar refractivity (Wildman–Crippen MR) is 74.1 cm³/mol. The molecular weight excluding hydrogens is 238 g/mol. The molecule has 1 N–H and O–H groups in total. The molecule has 1 amide bonds. The van der Waals surface area contributed by atoms with Gasteiger partial charge in [-0.3, -0.25) is 4.79 Å². The largest absolute Gasteiger partial charge is 0.508 e. The standard InChI is InChI=1S/C16H15NO2/c1-10-3-5-14-13-6-4-12(18)8-11(13)9-17(2)16(19)15(14)7-10/h3-8,18H,9H2,1-2H3. The summed E-state index contributed by atoms with van der Waals surface area (Å²) in [5, 5.41) is 9.62. The number of amides is 1. The molecule has 1 aliphatic rings. The van der Waals surface area contributed by atoms with Crippen molar-refractivity contribution in [2.75, 3.05) is 7.05 Å². The SMILES string of the molecule is Cc1ccc2c(c1)C(=O)N(C)Cc1cc(O)ccc1-2.